The van der Waals surface area contributed by atoms with Crippen LogP contribution in [0.3, 0.4) is 0 Å². The summed E-state index contributed by atoms with van der Waals surface area (Å²) < 4.78 is 25.6. The molecule has 0 aromatic heterocycles. The maximum Gasteiger partial charge on any atom is 0.326 e. The zero-order valence-electron chi connectivity index (χ0n) is 10.1. The number of carbonyl (C=O) groups is 3. The van der Waals surface area contributed by atoms with E-state index in [-0.39, 0.29) is 12.0 Å². The maximum absolute atomic E-state index is 12.9. The van der Waals surface area contributed by atoms with E-state index in [0.29, 0.717) is 6.07 Å². The standard InChI is InChI=1S/C12H11F2NO5/c13-7-2-1-6(5-8(7)14)11(18)15-9(12(19)20)3-4-10(16)17/h1-2,5,9H,3-4H2,(H,15,18)(H,16,17)(H,19,20)/t9-/m0/s1. The molecule has 8 heteroatoms. The Kier molecular flexibility index (Phi) is 5.13. The molecule has 0 heterocycles. The molecule has 1 amide bonds. The largest absolute Gasteiger partial charge is 0.481 e. The molecule has 1 aromatic rings. The Labute approximate surface area is 112 Å². The van der Waals surface area contributed by atoms with Crippen LogP contribution in [-0.4, -0.2) is 34.1 Å². The summed E-state index contributed by atoms with van der Waals surface area (Å²) in [6.07, 6.45) is -0.769. The van der Waals surface area contributed by atoms with Crippen LogP contribution in [0.1, 0.15) is 23.2 Å². The Morgan fingerprint density at radius 2 is 1.80 bits per heavy atom. The van der Waals surface area contributed by atoms with E-state index < -0.39 is 41.9 Å². The predicted octanol–water partition coefficient (Wildman–Crippen LogP) is 1.01. The van der Waals surface area contributed by atoms with Gasteiger partial charge < -0.3 is 15.5 Å². The van der Waals surface area contributed by atoms with Gasteiger partial charge in [0.1, 0.15) is 6.04 Å². The van der Waals surface area contributed by atoms with Gasteiger partial charge in [-0.05, 0) is 24.6 Å². The molecule has 0 saturated carbocycles. The van der Waals surface area contributed by atoms with E-state index in [9.17, 15) is 23.2 Å². The molecule has 20 heavy (non-hydrogen) atoms. The Hall–Kier alpha value is -2.51. The molecule has 108 valence electrons. The van der Waals surface area contributed by atoms with Gasteiger partial charge in [-0.2, -0.15) is 0 Å². The van der Waals surface area contributed by atoms with E-state index in [0.717, 1.165) is 12.1 Å². The van der Waals surface area contributed by atoms with Gasteiger partial charge in [-0.3, -0.25) is 9.59 Å². The van der Waals surface area contributed by atoms with Crippen molar-refractivity contribution in [3.05, 3.63) is 35.4 Å². The highest BCUT2D eigenvalue weighted by Crippen LogP contribution is 2.09. The topological polar surface area (TPSA) is 104 Å². The number of rotatable bonds is 6. The van der Waals surface area contributed by atoms with Crippen molar-refractivity contribution in [3.63, 3.8) is 0 Å². The first-order valence-corrected chi connectivity index (χ1v) is 5.51. The van der Waals surface area contributed by atoms with Crippen LogP contribution in [0.15, 0.2) is 18.2 Å². The van der Waals surface area contributed by atoms with Crippen molar-refractivity contribution >= 4 is 17.8 Å². The number of hydrogen-bond acceptors (Lipinski definition) is 3. The SMILES string of the molecule is O=C(O)CC[C@H](NC(=O)c1ccc(F)c(F)c1)C(=O)O. The van der Waals surface area contributed by atoms with Crippen molar-refractivity contribution in [1.29, 1.82) is 0 Å². The zero-order chi connectivity index (χ0) is 15.3. The van der Waals surface area contributed by atoms with E-state index in [1.165, 1.54) is 0 Å². The van der Waals surface area contributed by atoms with Gasteiger partial charge >= 0.3 is 11.9 Å². The van der Waals surface area contributed by atoms with Crippen molar-refractivity contribution in [2.45, 2.75) is 18.9 Å². The van der Waals surface area contributed by atoms with Gasteiger partial charge in [0.05, 0.1) is 0 Å². The fourth-order valence-corrected chi connectivity index (χ4v) is 1.40. The molecular formula is C12H11F2NO5. The van der Waals surface area contributed by atoms with Crippen LogP contribution >= 0.6 is 0 Å². The second-order valence-electron chi connectivity index (χ2n) is 3.93. The predicted molar refractivity (Wildman–Crippen MR) is 62.1 cm³/mol. The number of carboxylic acids is 2. The Morgan fingerprint density at radius 3 is 2.30 bits per heavy atom. The molecule has 3 N–H and O–H groups in total. The van der Waals surface area contributed by atoms with Gasteiger partial charge in [0.25, 0.3) is 5.91 Å². The van der Waals surface area contributed by atoms with Gasteiger partial charge in [0.2, 0.25) is 0 Å². The number of carbonyl (C=O) groups excluding carboxylic acids is 1. The number of amides is 1. The fraction of sp³-hybridized carbons (Fsp3) is 0.250. The lowest BCUT2D eigenvalue weighted by Gasteiger charge is -2.13. The lowest BCUT2D eigenvalue weighted by Crippen LogP contribution is -2.41. The fourth-order valence-electron chi connectivity index (χ4n) is 1.40. The van der Waals surface area contributed by atoms with E-state index in [1.807, 2.05) is 5.32 Å². The third-order valence-electron chi connectivity index (χ3n) is 2.43. The first kappa shape index (κ1) is 15.5. The Morgan fingerprint density at radius 1 is 1.15 bits per heavy atom. The van der Waals surface area contributed by atoms with Crippen LogP contribution in [0.4, 0.5) is 8.78 Å². The molecule has 0 aliphatic heterocycles. The molecule has 0 aliphatic carbocycles. The molecule has 0 unspecified atom stereocenters. The summed E-state index contributed by atoms with van der Waals surface area (Å²) in [5, 5.41) is 19.3. The smallest absolute Gasteiger partial charge is 0.326 e. The highest BCUT2D eigenvalue weighted by molar-refractivity contribution is 5.96. The Bertz CT molecular complexity index is 547. The third kappa shape index (κ3) is 4.30. The lowest BCUT2D eigenvalue weighted by atomic mass is 10.1. The molecule has 1 atom stereocenters. The molecule has 1 rings (SSSR count). The van der Waals surface area contributed by atoms with Gasteiger partial charge in [-0.15, -0.1) is 0 Å². The summed E-state index contributed by atoms with van der Waals surface area (Å²) in [5.74, 6) is -5.93. The summed E-state index contributed by atoms with van der Waals surface area (Å²) in [5.41, 5.74) is -0.259. The average Bonchev–Trinajstić information content (AvgIpc) is 2.36. The van der Waals surface area contributed by atoms with Crippen LogP contribution in [0.5, 0.6) is 0 Å². The van der Waals surface area contributed by atoms with Crippen LogP contribution in [0.2, 0.25) is 0 Å². The van der Waals surface area contributed by atoms with E-state index >= 15 is 0 Å². The van der Waals surface area contributed by atoms with E-state index in [2.05, 4.69) is 0 Å². The number of carboxylic acid groups (broad SMARTS) is 2. The van der Waals surface area contributed by atoms with Crippen molar-refractivity contribution in [2.24, 2.45) is 0 Å². The molecule has 6 nitrogen and oxygen atoms in total. The zero-order valence-corrected chi connectivity index (χ0v) is 10.1. The molecule has 0 aliphatic rings. The number of benzene rings is 1. The van der Waals surface area contributed by atoms with Crippen molar-refractivity contribution in [1.82, 2.24) is 5.32 Å². The van der Waals surface area contributed by atoms with Crippen molar-refractivity contribution in [3.8, 4) is 0 Å². The Balaban J connectivity index is 2.77. The molecule has 0 spiro atoms. The molecule has 0 bridgehead atoms. The minimum atomic E-state index is -1.42. The van der Waals surface area contributed by atoms with Crippen LogP contribution in [-0.2, 0) is 9.59 Å². The lowest BCUT2D eigenvalue weighted by molar-refractivity contribution is -0.140. The summed E-state index contributed by atoms with van der Waals surface area (Å²) in [7, 11) is 0. The first-order valence-electron chi connectivity index (χ1n) is 5.51. The van der Waals surface area contributed by atoms with E-state index in [1.54, 1.807) is 0 Å². The summed E-state index contributed by atoms with van der Waals surface area (Å²) in [6.45, 7) is 0. The van der Waals surface area contributed by atoms with Crippen LogP contribution in [0, 0.1) is 11.6 Å². The van der Waals surface area contributed by atoms with Gasteiger partial charge in [0.15, 0.2) is 11.6 Å². The average molecular weight is 287 g/mol. The van der Waals surface area contributed by atoms with Crippen molar-refractivity contribution in [2.75, 3.05) is 0 Å². The second kappa shape index (κ2) is 6.60. The van der Waals surface area contributed by atoms with Gasteiger partial charge in [-0.1, -0.05) is 0 Å². The quantitative estimate of drug-likeness (QED) is 0.724. The van der Waals surface area contributed by atoms with Gasteiger partial charge in [-0.25, -0.2) is 13.6 Å². The van der Waals surface area contributed by atoms with Gasteiger partial charge in [0, 0.05) is 12.0 Å². The minimum absolute atomic E-state index is 0.259. The maximum atomic E-state index is 12.9. The highest BCUT2D eigenvalue weighted by Gasteiger charge is 2.22. The normalized spacial score (nSPS) is 11.7. The summed E-state index contributed by atoms with van der Waals surface area (Å²) in [6, 6.07) is 0.925. The highest BCUT2D eigenvalue weighted by atomic mass is 19.2. The summed E-state index contributed by atoms with van der Waals surface area (Å²) in [4.78, 5) is 32.9. The monoisotopic (exact) mass is 287 g/mol. The number of aliphatic carboxylic acids is 2. The van der Waals surface area contributed by atoms with Crippen molar-refractivity contribution < 1.29 is 33.4 Å². The number of hydrogen-bond donors (Lipinski definition) is 3. The third-order valence-corrected chi connectivity index (χ3v) is 2.43. The van der Waals surface area contributed by atoms with E-state index in [4.69, 9.17) is 10.2 Å². The minimum Gasteiger partial charge on any atom is -0.481 e. The molecule has 0 fully saturated rings. The molecule has 1 aromatic carbocycles. The summed E-state index contributed by atoms with van der Waals surface area (Å²) >= 11 is 0. The molecule has 0 radical (unpaired) electrons. The number of nitrogens with one attached hydrogen (secondary N) is 1. The first-order chi connectivity index (χ1) is 9.31. The number of halogens is 2. The molecular weight excluding hydrogens is 276 g/mol. The van der Waals surface area contributed by atoms with Crippen LogP contribution in [0.25, 0.3) is 0 Å². The second-order valence-corrected chi connectivity index (χ2v) is 3.93. The van der Waals surface area contributed by atoms with Crippen LogP contribution < -0.4 is 5.32 Å². The molecule has 0 saturated heterocycles.